The first-order valence-corrected chi connectivity index (χ1v) is 5.69. The van der Waals surface area contributed by atoms with Gasteiger partial charge in [-0.05, 0) is 23.8 Å². The van der Waals surface area contributed by atoms with Crippen molar-refractivity contribution in [1.29, 1.82) is 0 Å². The minimum Gasteiger partial charge on any atom is -0.354 e. The Morgan fingerprint density at radius 2 is 2.06 bits per heavy atom. The van der Waals surface area contributed by atoms with Crippen molar-refractivity contribution >= 4 is 5.91 Å². The van der Waals surface area contributed by atoms with Crippen molar-refractivity contribution in [2.75, 3.05) is 6.54 Å². The summed E-state index contributed by atoms with van der Waals surface area (Å²) in [5.41, 5.74) is 7.06. The van der Waals surface area contributed by atoms with E-state index in [1.807, 2.05) is 30.3 Å². The van der Waals surface area contributed by atoms with Crippen molar-refractivity contribution < 1.29 is 4.79 Å². The Bertz CT molecular complexity index is 371. The molecule has 1 amide bonds. The molecule has 0 spiro atoms. The van der Waals surface area contributed by atoms with Crippen LogP contribution in [0.25, 0.3) is 0 Å². The number of amides is 1. The van der Waals surface area contributed by atoms with E-state index in [0.717, 1.165) is 12.1 Å². The van der Waals surface area contributed by atoms with Gasteiger partial charge in [0.25, 0.3) is 0 Å². The highest BCUT2D eigenvalue weighted by atomic mass is 16.2. The zero-order valence-electron chi connectivity index (χ0n) is 9.57. The number of carbonyl (C=O) groups excluding carboxylic acids is 1. The molecule has 1 aromatic rings. The van der Waals surface area contributed by atoms with Gasteiger partial charge in [0.15, 0.2) is 0 Å². The van der Waals surface area contributed by atoms with Crippen LogP contribution in [0.15, 0.2) is 30.3 Å². The third-order valence-electron chi connectivity index (χ3n) is 3.23. The van der Waals surface area contributed by atoms with E-state index in [1.54, 1.807) is 0 Å². The number of rotatable bonds is 4. The molecule has 0 aromatic heterocycles. The fourth-order valence-electron chi connectivity index (χ4n) is 1.61. The van der Waals surface area contributed by atoms with Crippen molar-refractivity contribution in [2.45, 2.75) is 25.8 Å². The van der Waals surface area contributed by atoms with Crippen molar-refractivity contribution in [3.05, 3.63) is 35.9 Å². The van der Waals surface area contributed by atoms with E-state index in [1.165, 1.54) is 12.8 Å². The molecule has 1 aliphatic carbocycles. The minimum absolute atomic E-state index is 0.0840. The Morgan fingerprint density at radius 3 is 2.62 bits per heavy atom. The Labute approximate surface area is 96.0 Å². The van der Waals surface area contributed by atoms with Crippen molar-refractivity contribution in [1.82, 2.24) is 5.32 Å². The van der Waals surface area contributed by atoms with E-state index in [9.17, 15) is 4.79 Å². The van der Waals surface area contributed by atoms with Crippen LogP contribution in [0.1, 0.15) is 31.4 Å². The molecule has 0 saturated heterocycles. The molecule has 2 rings (SSSR count). The van der Waals surface area contributed by atoms with Gasteiger partial charge < -0.3 is 11.1 Å². The summed E-state index contributed by atoms with van der Waals surface area (Å²) in [7, 11) is 0. The molecule has 86 valence electrons. The number of nitrogens with one attached hydrogen (secondary N) is 1. The lowest BCUT2D eigenvalue weighted by Gasteiger charge is -2.15. The van der Waals surface area contributed by atoms with E-state index in [-0.39, 0.29) is 5.91 Å². The maximum Gasteiger partial charge on any atom is 0.241 e. The van der Waals surface area contributed by atoms with Gasteiger partial charge in [-0.3, -0.25) is 4.79 Å². The quantitative estimate of drug-likeness (QED) is 0.806. The smallest absolute Gasteiger partial charge is 0.241 e. The Balaban J connectivity index is 1.89. The normalized spacial score (nSPS) is 18.9. The highest BCUT2D eigenvalue weighted by Gasteiger charge is 2.37. The fourth-order valence-corrected chi connectivity index (χ4v) is 1.61. The molecule has 0 radical (unpaired) electrons. The standard InChI is InChI=1S/C13H18N2O/c1-13(7-8-13)9-15-12(16)11(14)10-5-3-2-4-6-10/h2-6,11H,7-9,14H2,1H3,(H,15,16)/t11-/m1/s1. The van der Waals surface area contributed by atoms with E-state index in [4.69, 9.17) is 5.73 Å². The molecule has 0 aliphatic heterocycles. The summed E-state index contributed by atoms with van der Waals surface area (Å²) in [5, 5.41) is 2.92. The molecule has 0 bridgehead atoms. The second-order valence-electron chi connectivity index (χ2n) is 4.92. The maximum atomic E-state index is 11.8. The third kappa shape index (κ3) is 2.61. The van der Waals surface area contributed by atoms with Gasteiger partial charge in [0.2, 0.25) is 5.91 Å². The average molecular weight is 218 g/mol. The molecule has 1 aromatic carbocycles. The number of nitrogens with two attached hydrogens (primary N) is 1. The number of hydrogen-bond acceptors (Lipinski definition) is 2. The first kappa shape index (κ1) is 11.1. The van der Waals surface area contributed by atoms with Crippen LogP contribution in [0.5, 0.6) is 0 Å². The van der Waals surface area contributed by atoms with Crippen molar-refractivity contribution in [3.63, 3.8) is 0 Å². The highest BCUT2D eigenvalue weighted by Crippen LogP contribution is 2.44. The van der Waals surface area contributed by atoms with Crippen LogP contribution < -0.4 is 11.1 Å². The van der Waals surface area contributed by atoms with Crippen LogP contribution in [-0.4, -0.2) is 12.5 Å². The molecule has 0 heterocycles. The third-order valence-corrected chi connectivity index (χ3v) is 3.23. The number of carbonyl (C=O) groups is 1. The molecule has 0 unspecified atom stereocenters. The molecular formula is C13H18N2O. The van der Waals surface area contributed by atoms with E-state index >= 15 is 0 Å². The van der Waals surface area contributed by atoms with Crippen LogP contribution in [-0.2, 0) is 4.79 Å². The van der Waals surface area contributed by atoms with Gasteiger partial charge >= 0.3 is 0 Å². The van der Waals surface area contributed by atoms with Gasteiger partial charge in [0.1, 0.15) is 6.04 Å². The second kappa shape index (κ2) is 4.26. The zero-order valence-corrected chi connectivity index (χ0v) is 9.57. The summed E-state index contributed by atoms with van der Waals surface area (Å²) in [6.45, 7) is 2.92. The number of hydrogen-bond donors (Lipinski definition) is 2. The maximum absolute atomic E-state index is 11.8. The lowest BCUT2D eigenvalue weighted by Crippen LogP contribution is -2.36. The fraction of sp³-hybridized carbons (Fsp3) is 0.462. The lowest BCUT2D eigenvalue weighted by molar-refractivity contribution is -0.122. The highest BCUT2D eigenvalue weighted by molar-refractivity contribution is 5.82. The monoisotopic (exact) mass is 218 g/mol. The number of benzene rings is 1. The molecule has 1 saturated carbocycles. The van der Waals surface area contributed by atoms with E-state index in [2.05, 4.69) is 12.2 Å². The summed E-state index contributed by atoms with van der Waals surface area (Å²) in [4.78, 5) is 11.8. The van der Waals surface area contributed by atoms with Gasteiger partial charge in [-0.1, -0.05) is 37.3 Å². The summed E-state index contributed by atoms with van der Waals surface area (Å²) >= 11 is 0. The van der Waals surface area contributed by atoms with Gasteiger partial charge in [-0.15, -0.1) is 0 Å². The van der Waals surface area contributed by atoms with Gasteiger partial charge in [0, 0.05) is 6.54 Å². The summed E-state index contributed by atoms with van der Waals surface area (Å²) in [5.74, 6) is -0.0840. The van der Waals surface area contributed by atoms with Crippen LogP contribution in [0.2, 0.25) is 0 Å². The van der Waals surface area contributed by atoms with Gasteiger partial charge in [0.05, 0.1) is 0 Å². The van der Waals surface area contributed by atoms with E-state index in [0.29, 0.717) is 5.41 Å². The summed E-state index contributed by atoms with van der Waals surface area (Å²) in [6, 6.07) is 8.91. The SMILES string of the molecule is CC1(CNC(=O)[C@H](N)c2ccccc2)CC1. The van der Waals surface area contributed by atoms with Crippen LogP contribution in [0.4, 0.5) is 0 Å². The molecule has 1 aliphatic rings. The summed E-state index contributed by atoms with van der Waals surface area (Å²) in [6.07, 6.45) is 2.40. The van der Waals surface area contributed by atoms with Gasteiger partial charge in [-0.25, -0.2) is 0 Å². The molecular weight excluding hydrogens is 200 g/mol. The predicted molar refractivity (Wildman–Crippen MR) is 63.7 cm³/mol. The molecule has 1 atom stereocenters. The predicted octanol–water partition coefficient (Wildman–Crippen LogP) is 1.60. The molecule has 3 heteroatoms. The first-order chi connectivity index (χ1) is 7.61. The first-order valence-electron chi connectivity index (χ1n) is 5.69. The lowest BCUT2D eigenvalue weighted by atomic mass is 10.1. The molecule has 16 heavy (non-hydrogen) atoms. The Kier molecular flexibility index (Phi) is 2.97. The minimum atomic E-state index is -0.552. The van der Waals surface area contributed by atoms with Crippen LogP contribution in [0, 0.1) is 5.41 Å². The van der Waals surface area contributed by atoms with Crippen molar-refractivity contribution in [3.8, 4) is 0 Å². The molecule has 1 fully saturated rings. The van der Waals surface area contributed by atoms with Crippen LogP contribution >= 0.6 is 0 Å². The molecule has 3 N–H and O–H groups in total. The Hall–Kier alpha value is -1.35. The largest absolute Gasteiger partial charge is 0.354 e. The summed E-state index contributed by atoms with van der Waals surface area (Å²) < 4.78 is 0. The topological polar surface area (TPSA) is 55.1 Å². The Morgan fingerprint density at radius 1 is 1.44 bits per heavy atom. The van der Waals surface area contributed by atoms with Crippen molar-refractivity contribution in [2.24, 2.45) is 11.1 Å². The van der Waals surface area contributed by atoms with Crippen LogP contribution in [0.3, 0.4) is 0 Å². The second-order valence-corrected chi connectivity index (χ2v) is 4.92. The van der Waals surface area contributed by atoms with E-state index < -0.39 is 6.04 Å². The van der Waals surface area contributed by atoms with Gasteiger partial charge in [-0.2, -0.15) is 0 Å². The zero-order chi connectivity index (χ0) is 11.6. The average Bonchev–Trinajstić information content (AvgIpc) is 3.05. The molecule has 3 nitrogen and oxygen atoms in total.